The molecule has 0 bridgehead atoms. The summed E-state index contributed by atoms with van der Waals surface area (Å²) >= 11 is 7.66. The van der Waals surface area contributed by atoms with Crippen LogP contribution in [-0.2, 0) is 5.60 Å². The van der Waals surface area contributed by atoms with Crippen LogP contribution in [0.15, 0.2) is 52.8 Å². The second kappa shape index (κ2) is 4.31. The van der Waals surface area contributed by atoms with E-state index in [2.05, 4.69) is 4.99 Å². The van der Waals surface area contributed by atoms with E-state index in [1.165, 1.54) is 0 Å². The number of aliphatic hydroxyl groups is 1. The first kappa shape index (κ1) is 12.8. The van der Waals surface area contributed by atoms with Gasteiger partial charge >= 0.3 is 0 Å². The molecule has 1 unspecified atom stereocenters. The van der Waals surface area contributed by atoms with Gasteiger partial charge in [-0.15, -0.1) is 11.3 Å². The molecule has 104 valence electrons. The summed E-state index contributed by atoms with van der Waals surface area (Å²) in [5.41, 5.74) is 6.68. The Labute approximate surface area is 130 Å². The van der Waals surface area contributed by atoms with Gasteiger partial charge in [0.1, 0.15) is 5.84 Å². The summed E-state index contributed by atoms with van der Waals surface area (Å²) in [6.07, 6.45) is 0. The summed E-state index contributed by atoms with van der Waals surface area (Å²) in [7, 11) is 0. The maximum absolute atomic E-state index is 11.3. The normalized spacial score (nSPS) is 20.6. The van der Waals surface area contributed by atoms with E-state index in [4.69, 9.17) is 17.3 Å². The maximum atomic E-state index is 11.3. The van der Waals surface area contributed by atoms with Gasteiger partial charge in [-0.3, -0.25) is 0 Å². The van der Waals surface area contributed by atoms with Crippen molar-refractivity contribution in [2.75, 3.05) is 0 Å². The van der Waals surface area contributed by atoms with E-state index in [0.29, 0.717) is 16.3 Å². The lowest BCUT2D eigenvalue weighted by atomic mass is 9.86. The van der Waals surface area contributed by atoms with Crippen LogP contribution in [0.4, 0.5) is 5.69 Å². The van der Waals surface area contributed by atoms with Crippen molar-refractivity contribution in [3.8, 4) is 0 Å². The predicted molar refractivity (Wildman–Crippen MR) is 87.6 cm³/mol. The summed E-state index contributed by atoms with van der Waals surface area (Å²) < 4.78 is 1.01. The highest BCUT2D eigenvalue weighted by Gasteiger charge is 2.43. The number of fused-ring (bicyclic) bond motifs is 2. The number of thiophene rings is 1. The molecular formula is C16H11ClN2OS. The molecule has 0 saturated carbocycles. The fraction of sp³-hybridized carbons (Fsp3) is 0.0625. The predicted octanol–water partition coefficient (Wildman–Crippen LogP) is 3.79. The van der Waals surface area contributed by atoms with Gasteiger partial charge in [-0.1, -0.05) is 29.8 Å². The van der Waals surface area contributed by atoms with E-state index in [1.807, 2.05) is 29.6 Å². The molecule has 1 atom stereocenters. The monoisotopic (exact) mass is 314 g/mol. The number of aliphatic imine (C=N–C) groups is 1. The average Bonchev–Trinajstić information content (AvgIpc) is 3.04. The van der Waals surface area contributed by atoms with Gasteiger partial charge in [-0.05, 0) is 35.0 Å². The highest BCUT2D eigenvalue weighted by Crippen LogP contribution is 2.45. The van der Waals surface area contributed by atoms with Crippen LogP contribution in [0.25, 0.3) is 10.1 Å². The molecule has 0 fully saturated rings. The van der Waals surface area contributed by atoms with Crippen molar-refractivity contribution in [2.45, 2.75) is 5.60 Å². The Morgan fingerprint density at radius 1 is 1.14 bits per heavy atom. The summed E-state index contributed by atoms with van der Waals surface area (Å²) in [6.45, 7) is 0. The Balaban J connectivity index is 2.06. The van der Waals surface area contributed by atoms with Gasteiger partial charge in [0.25, 0.3) is 0 Å². The summed E-state index contributed by atoms with van der Waals surface area (Å²) in [5, 5.41) is 14.9. The fourth-order valence-electron chi connectivity index (χ4n) is 2.81. The molecule has 0 spiro atoms. The Hall–Kier alpha value is -1.88. The molecule has 0 aliphatic carbocycles. The fourth-order valence-corrected chi connectivity index (χ4v) is 3.94. The van der Waals surface area contributed by atoms with E-state index < -0.39 is 5.60 Å². The van der Waals surface area contributed by atoms with Crippen molar-refractivity contribution in [2.24, 2.45) is 10.7 Å². The van der Waals surface area contributed by atoms with E-state index in [0.717, 1.165) is 15.6 Å². The second-order valence-electron chi connectivity index (χ2n) is 5.01. The Kier molecular flexibility index (Phi) is 2.63. The lowest BCUT2D eigenvalue weighted by Crippen LogP contribution is -2.39. The second-order valence-corrected chi connectivity index (χ2v) is 6.37. The van der Waals surface area contributed by atoms with E-state index >= 15 is 0 Å². The first-order chi connectivity index (χ1) is 10.1. The first-order valence-electron chi connectivity index (χ1n) is 6.44. The zero-order valence-corrected chi connectivity index (χ0v) is 12.4. The molecule has 2 heterocycles. The van der Waals surface area contributed by atoms with Crippen LogP contribution in [0.1, 0.15) is 11.1 Å². The molecule has 0 saturated heterocycles. The van der Waals surface area contributed by atoms with Crippen molar-refractivity contribution in [3.63, 3.8) is 0 Å². The van der Waals surface area contributed by atoms with E-state index in [1.54, 1.807) is 29.5 Å². The highest BCUT2D eigenvalue weighted by molar-refractivity contribution is 7.17. The Morgan fingerprint density at radius 3 is 2.86 bits per heavy atom. The van der Waals surface area contributed by atoms with Gasteiger partial charge in [0, 0.05) is 20.8 Å². The number of hydrogen-bond acceptors (Lipinski definition) is 4. The molecular weight excluding hydrogens is 304 g/mol. The molecule has 3 aromatic rings. The van der Waals surface area contributed by atoms with Gasteiger partial charge in [0.2, 0.25) is 0 Å². The molecule has 3 nitrogen and oxygen atoms in total. The van der Waals surface area contributed by atoms with Crippen molar-refractivity contribution in [1.82, 2.24) is 0 Å². The lowest BCUT2D eigenvalue weighted by Gasteiger charge is -2.25. The number of benzene rings is 2. The quantitative estimate of drug-likeness (QED) is 0.718. The van der Waals surface area contributed by atoms with Crippen LogP contribution in [0, 0.1) is 0 Å². The van der Waals surface area contributed by atoms with Gasteiger partial charge in [0.15, 0.2) is 5.60 Å². The van der Waals surface area contributed by atoms with Crippen LogP contribution < -0.4 is 5.73 Å². The smallest absolute Gasteiger partial charge is 0.176 e. The molecule has 2 aromatic carbocycles. The van der Waals surface area contributed by atoms with Crippen LogP contribution in [-0.4, -0.2) is 10.9 Å². The largest absolute Gasteiger partial charge is 0.384 e. The van der Waals surface area contributed by atoms with Crippen LogP contribution >= 0.6 is 22.9 Å². The molecule has 5 heteroatoms. The molecule has 3 N–H and O–H groups in total. The summed E-state index contributed by atoms with van der Waals surface area (Å²) in [4.78, 5) is 4.30. The summed E-state index contributed by atoms with van der Waals surface area (Å²) in [6, 6.07) is 13.1. The molecule has 4 rings (SSSR count). The van der Waals surface area contributed by atoms with Crippen molar-refractivity contribution in [1.29, 1.82) is 0 Å². The first-order valence-corrected chi connectivity index (χ1v) is 7.70. The van der Waals surface area contributed by atoms with E-state index in [9.17, 15) is 5.11 Å². The van der Waals surface area contributed by atoms with Crippen molar-refractivity contribution in [3.05, 3.63) is 64.0 Å². The molecule has 1 aliphatic rings. The third kappa shape index (κ3) is 1.67. The maximum Gasteiger partial charge on any atom is 0.176 e. The number of halogens is 1. The van der Waals surface area contributed by atoms with Crippen molar-refractivity contribution < 1.29 is 5.11 Å². The van der Waals surface area contributed by atoms with Gasteiger partial charge in [-0.25, -0.2) is 4.99 Å². The zero-order chi connectivity index (χ0) is 14.6. The lowest BCUT2D eigenvalue weighted by molar-refractivity contribution is 0.160. The number of rotatable bonds is 1. The number of nitrogens with zero attached hydrogens (tertiary/aromatic N) is 1. The molecule has 21 heavy (non-hydrogen) atoms. The highest BCUT2D eigenvalue weighted by atomic mass is 35.5. The SMILES string of the molecule is NC1=Nc2ccc(Cl)cc2C1(O)c1cccc2ccsc12. The number of hydrogen-bond donors (Lipinski definition) is 2. The zero-order valence-electron chi connectivity index (χ0n) is 10.9. The Morgan fingerprint density at radius 2 is 2.00 bits per heavy atom. The Bertz CT molecular complexity index is 902. The van der Waals surface area contributed by atoms with Crippen LogP contribution in [0.2, 0.25) is 5.02 Å². The minimum absolute atomic E-state index is 0.181. The topological polar surface area (TPSA) is 58.6 Å². The minimum Gasteiger partial charge on any atom is -0.384 e. The average molecular weight is 315 g/mol. The standard InChI is InChI=1S/C16H11ClN2OS/c17-10-4-5-13-12(8-10)16(20,15(18)19-13)11-3-1-2-9-6-7-21-14(9)11/h1-8,20H,(H2,18,19). The number of nitrogens with two attached hydrogens (primary N) is 1. The van der Waals surface area contributed by atoms with Crippen LogP contribution in [0.5, 0.6) is 0 Å². The third-order valence-electron chi connectivity index (χ3n) is 3.83. The van der Waals surface area contributed by atoms with E-state index in [-0.39, 0.29) is 5.84 Å². The number of amidine groups is 1. The van der Waals surface area contributed by atoms with Gasteiger partial charge in [0.05, 0.1) is 5.69 Å². The molecule has 0 radical (unpaired) electrons. The third-order valence-corrected chi connectivity index (χ3v) is 5.03. The van der Waals surface area contributed by atoms with Gasteiger partial charge < -0.3 is 10.8 Å². The van der Waals surface area contributed by atoms with Crippen molar-refractivity contribution >= 4 is 44.5 Å². The van der Waals surface area contributed by atoms with Crippen LogP contribution in [0.3, 0.4) is 0 Å². The minimum atomic E-state index is -1.43. The summed E-state index contributed by atoms with van der Waals surface area (Å²) in [5.74, 6) is 0.181. The van der Waals surface area contributed by atoms with Gasteiger partial charge in [-0.2, -0.15) is 0 Å². The molecule has 0 amide bonds. The molecule has 1 aromatic heterocycles. The molecule has 1 aliphatic heterocycles.